The molecule has 0 amide bonds. The van der Waals surface area contributed by atoms with Crippen molar-refractivity contribution in [2.75, 3.05) is 12.4 Å². The van der Waals surface area contributed by atoms with E-state index in [4.69, 9.17) is 15.7 Å². The average Bonchev–Trinajstić information content (AvgIpc) is 2.97. The van der Waals surface area contributed by atoms with Gasteiger partial charge < -0.3 is 15.7 Å². The second kappa shape index (κ2) is 6.53. The van der Waals surface area contributed by atoms with Crippen LogP contribution in [0.4, 0.5) is 5.69 Å². The fraction of sp³-hybridized carbons (Fsp3) is 0.455. The van der Waals surface area contributed by atoms with Crippen molar-refractivity contribution in [1.82, 2.24) is 4.98 Å². The Balaban J connectivity index is 2.19. The van der Waals surface area contributed by atoms with Crippen molar-refractivity contribution in [1.29, 1.82) is 0 Å². The number of pyridine rings is 1. The molecule has 9 heteroatoms. The third-order valence-corrected chi connectivity index (χ3v) is 4.00. The number of hydrogen-bond donors (Lipinski definition) is 2. The second-order valence-electron chi connectivity index (χ2n) is 4.23. The zero-order valence-electron chi connectivity index (χ0n) is 10.6. The first kappa shape index (κ1) is 14.5. The molecule has 1 aliphatic heterocycles. The topological polar surface area (TPSA) is 124 Å². The Bertz CT molecular complexity index is 531. The van der Waals surface area contributed by atoms with Crippen molar-refractivity contribution in [3.8, 4) is 0 Å². The van der Waals surface area contributed by atoms with Gasteiger partial charge in [0.1, 0.15) is 11.2 Å². The predicted octanol–water partition coefficient (Wildman–Crippen LogP) is 1.36. The minimum absolute atomic E-state index is 0.150. The maximum atomic E-state index is 10.7. The van der Waals surface area contributed by atoms with Crippen LogP contribution >= 0.6 is 11.8 Å². The number of hydrogen-bond acceptors (Lipinski definition) is 7. The van der Waals surface area contributed by atoms with Gasteiger partial charge in [0.2, 0.25) is 0 Å². The van der Waals surface area contributed by atoms with Gasteiger partial charge in [-0.15, -0.1) is 11.8 Å². The maximum absolute atomic E-state index is 10.7. The molecule has 1 atom stereocenters. The first-order valence-corrected chi connectivity index (χ1v) is 6.97. The van der Waals surface area contributed by atoms with Gasteiger partial charge in [-0.1, -0.05) is 5.16 Å². The van der Waals surface area contributed by atoms with Crippen molar-refractivity contribution in [3.63, 3.8) is 0 Å². The van der Waals surface area contributed by atoms with Gasteiger partial charge in [-0.05, 0) is 12.8 Å². The predicted molar refractivity (Wildman–Crippen MR) is 73.1 cm³/mol. The number of nitro groups is 1. The van der Waals surface area contributed by atoms with E-state index in [2.05, 4.69) is 10.1 Å². The van der Waals surface area contributed by atoms with Gasteiger partial charge in [-0.2, -0.15) is 0 Å². The lowest BCUT2D eigenvalue weighted by Gasteiger charge is -2.10. The van der Waals surface area contributed by atoms with E-state index in [9.17, 15) is 10.1 Å². The molecule has 0 spiro atoms. The summed E-state index contributed by atoms with van der Waals surface area (Å²) < 4.78 is 5.50. The number of thioether (sulfide) groups is 1. The summed E-state index contributed by atoms with van der Waals surface area (Å²) >= 11 is 1.38. The Morgan fingerprint density at radius 3 is 3.15 bits per heavy atom. The minimum atomic E-state index is -0.574. The molecular formula is C11H14N4O4S. The zero-order valence-corrected chi connectivity index (χ0v) is 11.4. The first-order chi connectivity index (χ1) is 9.61. The molecule has 0 aliphatic carbocycles. The Hall–Kier alpha value is -1.87. The van der Waals surface area contributed by atoms with Crippen LogP contribution in [0.25, 0.3) is 0 Å². The fourth-order valence-corrected chi connectivity index (χ4v) is 2.89. The Labute approximate surface area is 119 Å². The second-order valence-corrected chi connectivity index (χ2v) is 5.24. The van der Waals surface area contributed by atoms with Crippen molar-refractivity contribution in [3.05, 3.63) is 27.9 Å². The number of rotatable bonds is 5. The summed E-state index contributed by atoms with van der Waals surface area (Å²) in [5, 5.41) is 22.9. The van der Waals surface area contributed by atoms with E-state index < -0.39 is 4.92 Å². The fourth-order valence-electron chi connectivity index (χ4n) is 1.84. The molecule has 108 valence electrons. The van der Waals surface area contributed by atoms with Crippen LogP contribution in [0, 0.1) is 10.1 Å². The lowest BCUT2D eigenvalue weighted by molar-refractivity contribution is -0.385. The number of oxime groups is 1. The first-order valence-electron chi connectivity index (χ1n) is 5.98. The van der Waals surface area contributed by atoms with Crippen molar-refractivity contribution in [2.24, 2.45) is 10.9 Å². The lowest BCUT2D eigenvalue weighted by atomic mass is 10.2. The van der Waals surface area contributed by atoms with E-state index in [-0.39, 0.29) is 23.2 Å². The summed E-state index contributed by atoms with van der Waals surface area (Å²) in [6, 6.07) is 1.25. The Kier molecular flexibility index (Phi) is 4.74. The molecule has 2 rings (SSSR count). The molecule has 1 fully saturated rings. The van der Waals surface area contributed by atoms with Crippen LogP contribution in [0.1, 0.15) is 18.4 Å². The summed E-state index contributed by atoms with van der Waals surface area (Å²) in [5.41, 5.74) is 5.59. The quantitative estimate of drug-likeness (QED) is 0.210. The number of aromatic nitrogens is 1. The number of ether oxygens (including phenoxy) is 1. The molecule has 8 nitrogen and oxygen atoms in total. The molecule has 1 unspecified atom stereocenters. The molecule has 0 bridgehead atoms. The van der Waals surface area contributed by atoms with E-state index >= 15 is 0 Å². The highest BCUT2D eigenvalue weighted by Crippen LogP contribution is 2.27. The molecule has 0 aromatic carbocycles. The van der Waals surface area contributed by atoms with E-state index in [0.29, 0.717) is 10.8 Å². The molecule has 3 N–H and O–H groups in total. The molecule has 1 saturated heterocycles. The summed E-state index contributed by atoms with van der Waals surface area (Å²) in [7, 11) is 0. The molecule has 1 aromatic heterocycles. The van der Waals surface area contributed by atoms with Crippen LogP contribution in [-0.4, -0.2) is 39.4 Å². The molecule has 20 heavy (non-hydrogen) atoms. The third kappa shape index (κ3) is 3.36. The van der Waals surface area contributed by atoms with Crippen molar-refractivity contribution < 1.29 is 14.9 Å². The number of amidine groups is 1. The van der Waals surface area contributed by atoms with Crippen LogP contribution in [0.3, 0.4) is 0 Å². The van der Waals surface area contributed by atoms with E-state index in [0.717, 1.165) is 25.6 Å². The molecule has 0 saturated carbocycles. The summed E-state index contributed by atoms with van der Waals surface area (Å²) in [5.74, 6) is 0.479. The van der Waals surface area contributed by atoms with E-state index in [1.54, 1.807) is 0 Å². The highest BCUT2D eigenvalue weighted by Gasteiger charge is 2.20. The highest BCUT2D eigenvalue weighted by molar-refractivity contribution is 7.99. The molecule has 2 heterocycles. The van der Waals surface area contributed by atoms with Crippen LogP contribution in [0.15, 0.2) is 22.4 Å². The van der Waals surface area contributed by atoms with E-state index in [1.165, 1.54) is 17.8 Å². The maximum Gasteiger partial charge on any atom is 0.288 e. The van der Waals surface area contributed by atoms with Gasteiger partial charge in [-0.3, -0.25) is 10.1 Å². The van der Waals surface area contributed by atoms with Crippen LogP contribution < -0.4 is 5.73 Å². The van der Waals surface area contributed by atoms with Gasteiger partial charge in [0, 0.05) is 18.4 Å². The Morgan fingerprint density at radius 2 is 2.55 bits per heavy atom. The van der Waals surface area contributed by atoms with Gasteiger partial charge in [0.15, 0.2) is 5.84 Å². The van der Waals surface area contributed by atoms with Gasteiger partial charge in [0.25, 0.3) is 5.69 Å². The summed E-state index contributed by atoms with van der Waals surface area (Å²) in [6.45, 7) is 0.756. The van der Waals surface area contributed by atoms with E-state index in [1.807, 2.05) is 0 Å². The smallest absolute Gasteiger partial charge is 0.288 e. The van der Waals surface area contributed by atoms with Gasteiger partial charge >= 0.3 is 0 Å². The minimum Gasteiger partial charge on any atom is -0.409 e. The molecule has 1 aliphatic rings. The molecular weight excluding hydrogens is 284 g/mol. The summed E-state index contributed by atoms with van der Waals surface area (Å²) in [6.07, 6.45) is 3.33. The van der Waals surface area contributed by atoms with Crippen molar-refractivity contribution >= 4 is 23.3 Å². The zero-order chi connectivity index (χ0) is 14.5. The molecule has 1 aromatic rings. The normalized spacial score (nSPS) is 19.2. The van der Waals surface area contributed by atoms with Crippen LogP contribution in [0.2, 0.25) is 0 Å². The average molecular weight is 298 g/mol. The Morgan fingerprint density at radius 1 is 1.75 bits per heavy atom. The monoisotopic (exact) mass is 298 g/mol. The number of nitrogens with two attached hydrogens (primary N) is 1. The van der Waals surface area contributed by atoms with Gasteiger partial charge in [0.05, 0.1) is 16.6 Å². The highest BCUT2D eigenvalue weighted by atomic mass is 32.2. The number of nitrogens with zero attached hydrogens (tertiary/aromatic N) is 3. The SMILES string of the molecule is N/C(=N/O)c1cc([N+](=O)[O-])cnc1SCC1CCCO1. The molecule has 0 radical (unpaired) electrons. The van der Waals surface area contributed by atoms with Gasteiger partial charge in [-0.25, -0.2) is 4.98 Å². The summed E-state index contributed by atoms with van der Waals surface area (Å²) in [4.78, 5) is 14.2. The van der Waals surface area contributed by atoms with Crippen LogP contribution in [-0.2, 0) is 4.74 Å². The van der Waals surface area contributed by atoms with Crippen LogP contribution in [0.5, 0.6) is 0 Å². The van der Waals surface area contributed by atoms with Crippen molar-refractivity contribution in [2.45, 2.75) is 24.0 Å². The lowest BCUT2D eigenvalue weighted by Crippen LogP contribution is -2.16. The third-order valence-electron chi connectivity index (χ3n) is 2.86. The standard InChI is InChI=1S/C11H14N4O4S/c12-10(14-16)9-4-7(15(17)18)5-13-11(9)20-6-8-2-1-3-19-8/h4-5,8,16H,1-3,6H2,(H2,12,14). The largest absolute Gasteiger partial charge is 0.409 e.